The molecule has 0 unspecified atom stereocenters. The smallest absolute Gasteiger partial charge is 0.301 e. The Kier molecular flexibility index (Phi) is 9.01. The zero-order valence-corrected chi connectivity index (χ0v) is 28.0. The van der Waals surface area contributed by atoms with E-state index in [9.17, 15) is 14.7 Å². The Balaban J connectivity index is 1.28. The highest BCUT2D eigenvalue weighted by atomic mass is 32.2. The van der Waals surface area contributed by atoms with Crippen LogP contribution in [0.15, 0.2) is 125 Å². The molecule has 0 radical (unpaired) electrons. The summed E-state index contributed by atoms with van der Waals surface area (Å²) in [7, 11) is 2.98. The number of methoxy groups -OCH3 is 2. The van der Waals surface area contributed by atoms with Crippen LogP contribution in [-0.4, -0.2) is 41.2 Å². The fourth-order valence-corrected chi connectivity index (χ4v) is 7.64. The minimum Gasteiger partial charge on any atom is -0.507 e. The zero-order chi connectivity index (χ0) is 33.9. The third kappa shape index (κ3) is 6.33. The molecule has 1 saturated heterocycles. The number of ether oxygens (including phenoxy) is 3. The van der Waals surface area contributed by atoms with Gasteiger partial charge < -0.3 is 19.3 Å². The summed E-state index contributed by atoms with van der Waals surface area (Å²) < 4.78 is 17.5. The van der Waals surface area contributed by atoms with Crippen LogP contribution in [-0.2, 0) is 15.3 Å². The Morgan fingerprint density at radius 2 is 1.55 bits per heavy atom. The first kappa shape index (κ1) is 31.9. The highest BCUT2D eigenvalue weighted by molar-refractivity contribution is 8.00. The van der Waals surface area contributed by atoms with Crippen molar-refractivity contribution >= 4 is 56.5 Å². The second-order valence-corrected chi connectivity index (χ2v) is 13.2. The van der Waals surface area contributed by atoms with E-state index < -0.39 is 17.7 Å². The number of aliphatic hydroxyl groups is 1. The topological polar surface area (TPSA) is 111 Å². The molecule has 1 amide bonds. The minimum atomic E-state index is -1.03. The number of fused-ring (bicyclic) bond motifs is 1. The fraction of sp³-hybridized carbons (Fsp3) is 0.105. The molecule has 9 nitrogen and oxygen atoms in total. The van der Waals surface area contributed by atoms with Gasteiger partial charge in [0.2, 0.25) is 5.13 Å². The number of para-hydroxylation sites is 1. The van der Waals surface area contributed by atoms with Crippen molar-refractivity contribution in [1.82, 2.24) is 10.2 Å². The van der Waals surface area contributed by atoms with E-state index in [1.54, 1.807) is 42.5 Å². The third-order valence-corrected chi connectivity index (χ3v) is 10.2. The van der Waals surface area contributed by atoms with Gasteiger partial charge in [0.25, 0.3) is 5.78 Å². The summed E-state index contributed by atoms with van der Waals surface area (Å²) in [5.41, 5.74) is 1.86. The maximum atomic E-state index is 13.9. The average Bonchev–Trinajstić information content (AvgIpc) is 3.71. The van der Waals surface area contributed by atoms with Crippen LogP contribution in [0.2, 0.25) is 0 Å². The van der Waals surface area contributed by atoms with Gasteiger partial charge in [0, 0.05) is 11.3 Å². The van der Waals surface area contributed by atoms with E-state index >= 15 is 0 Å². The molecule has 2 heterocycles. The number of rotatable bonds is 10. The second kappa shape index (κ2) is 13.8. The van der Waals surface area contributed by atoms with Crippen molar-refractivity contribution < 1.29 is 28.9 Å². The predicted octanol–water partition coefficient (Wildman–Crippen LogP) is 8.42. The summed E-state index contributed by atoms with van der Waals surface area (Å²) in [5.74, 6) is 0.499. The van der Waals surface area contributed by atoms with E-state index in [0.29, 0.717) is 38.7 Å². The van der Waals surface area contributed by atoms with E-state index in [4.69, 9.17) is 14.2 Å². The van der Waals surface area contributed by atoms with E-state index in [0.717, 1.165) is 16.3 Å². The lowest BCUT2D eigenvalue weighted by Gasteiger charge is -2.23. The number of thioether (sulfide) groups is 1. The molecule has 1 aromatic heterocycles. The van der Waals surface area contributed by atoms with Crippen molar-refractivity contribution in [3.8, 4) is 23.0 Å². The number of hydrogen-bond acceptors (Lipinski definition) is 10. The number of Topliss-reactive ketones (excluding diaryl/α,β-unsaturated/α-hetero) is 1. The van der Waals surface area contributed by atoms with Gasteiger partial charge in [0.05, 0.1) is 25.8 Å². The van der Waals surface area contributed by atoms with Crippen molar-refractivity contribution in [2.45, 2.75) is 16.1 Å². The molecule has 1 aliphatic heterocycles. The van der Waals surface area contributed by atoms with E-state index in [-0.39, 0.29) is 22.0 Å². The first-order chi connectivity index (χ1) is 23.9. The Bertz CT molecular complexity index is 2210. The molecular weight excluding hydrogens is 659 g/mol. The molecule has 1 atom stereocenters. The summed E-state index contributed by atoms with van der Waals surface area (Å²) in [6, 6.07) is 34.5. The van der Waals surface area contributed by atoms with Gasteiger partial charge in [-0.3, -0.25) is 14.5 Å². The molecule has 5 aromatic carbocycles. The lowest BCUT2D eigenvalue weighted by atomic mass is 9.95. The number of aliphatic hydroxyl groups excluding tert-OH is 1. The summed E-state index contributed by atoms with van der Waals surface area (Å²) in [5, 5.41) is 23.0. The van der Waals surface area contributed by atoms with Crippen LogP contribution < -0.4 is 19.1 Å². The van der Waals surface area contributed by atoms with E-state index in [1.165, 1.54) is 42.2 Å². The Morgan fingerprint density at radius 3 is 2.37 bits per heavy atom. The number of carbonyl (C=O) groups is 2. The number of carbonyl (C=O) groups excluding carboxylic acids is 2. The normalized spacial score (nSPS) is 15.5. The predicted molar refractivity (Wildman–Crippen MR) is 191 cm³/mol. The number of anilines is 1. The molecule has 0 saturated carbocycles. The van der Waals surface area contributed by atoms with Gasteiger partial charge in [0.15, 0.2) is 15.8 Å². The van der Waals surface area contributed by atoms with Crippen LogP contribution in [0.25, 0.3) is 16.5 Å². The molecule has 11 heteroatoms. The molecular formula is C38H29N3O6S2. The molecule has 7 rings (SSSR count). The van der Waals surface area contributed by atoms with Crippen LogP contribution in [0.3, 0.4) is 0 Å². The lowest BCUT2D eigenvalue weighted by Crippen LogP contribution is -2.29. The SMILES string of the molecule is COc1ccc(/C(O)=C2\C(=O)C(=O)N(c3nnc(SCc4cccc5ccccc45)s3)[C@H]2c2cccc(Oc3ccccc3)c2)cc1OC. The molecule has 1 N–H and O–H groups in total. The van der Waals surface area contributed by atoms with Crippen molar-refractivity contribution in [2.24, 2.45) is 0 Å². The van der Waals surface area contributed by atoms with Crippen molar-refractivity contribution in [2.75, 3.05) is 19.1 Å². The fourth-order valence-electron chi connectivity index (χ4n) is 5.77. The summed E-state index contributed by atoms with van der Waals surface area (Å²) in [6.07, 6.45) is 0. The monoisotopic (exact) mass is 687 g/mol. The number of hydrogen-bond donors (Lipinski definition) is 1. The first-order valence-electron chi connectivity index (χ1n) is 15.2. The largest absolute Gasteiger partial charge is 0.507 e. The van der Waals surface area contributed by atoms with Gasteiger partial charge in [-0.25, -0.2) is 0 Å². The number of benzene rings is 5. The molecule has 1 aliphatic rings. The van der Waals surface area contributed by atoms with Gasteiger partial charge >= 0.3 is 5.91 Å². The second-order valence-electron chi connectivity index (χ2n) is 11.0. The molecule has 49 heavy (non-hydrogen) atoms. The molecule has 244 valence electrons. The molecule has 0 spiro atoms. The molecule has 0 aliphatic carbocycles. The third-order valence-electron chi connectivity index (χ3n) is 8.09. The van der Waals surface area contributed by atoms with Crippen LogP contribution in [0.1, 0.15) is 22.7 Å². The zero-order valence-electron chi connectivity index (χ0n) is 26.4. The Morgan fingerprint density at radius 1 is 0.816 bits per heavy atom. The maximum absolute atomic E-state index is 13.9. The summed E-state index contributed by atoms with van der Waals surface area (Å²) in [6.45, 7) is 0. The van der Waals surface area contributed by atoms with Gasteiger partial charge in [0.1, 0.15) is 17.3 Å². The molecule has 0 bridgehead atoms. The van der Waals surface area contributed by atoms with Crippen molar-refractivity contribution in [3.05, 3.63) is 138 Å². The Labute approximate surface area is 290 Å². The van der Waals surface area contributed by atoms with Gasteiger partial charge in [-0.1, -0.05) is 95.9 Å². The minimum absolute atomic E-state index is 0.103. The highest BCUT2D eigenvalue weighted by Crippen LogP contribution is 2.45. The number of nitrogens with zero attached hydrogens (tertiary/aromatic N) is 3. The van der Waals surface area contributed by atoms with Crippen LogP contribution in [0.4, 0.5) is 5.13 Å². The van der Waals surface area contributed by atoms with Gasteiger partial charge in [-0.15, -0.1) is 10.2 Å². The van der Waals surface area contributed by atoms with Crippen molar-refractivity contribution in [3.63, 3.8) is 0 Å². The number of aromatic nitrogens is 2. The highest BCUT2D eigenvalue weighted by Gasteiger charge is 2.48. The van der Waals surface area contributed by atoms with Crippen LogP contribution in [0.5, 0.6) is 23.0 Å². The van der Waals surface area contributed by atoms with E-state index in [2.05, 4.69) is 34.5 Å². The maximum Gasteiger partial charge on any atom is 0.301 e. The lowest BCUT2D eigenvalue weighted by molar-refractivity contribution is -0.132. The molecule has 6 aromatic rings. The van der Waals surface area contributed by atoms with Gasteiger partial charge in [-0.2, -0.15) is 0 Å². The van der Waals surface area contributed by atoms with Crippen molar-refractivity contribution in [1.29, 1.82) is 0 Å². The Hall–Kier alpha value is -5.65. The standard InChI is InChI=1S/C38H29N3O6S2/c1-45-30-19-18-25(21-31(30)46-2)34(42)32-33(24-12-9-16-28(20-24)47-27-14-4-3-5-15-27)41(36(44)35(32)43)37-39-40-38(49-37)48-22-26-13-8-11-23-10-6-7-17-29(23)26/h3-21,33,42H,22H2,1-2H3/b34-32+/t33-/m0/s1. The van der Waals surface area contributed by atoms with E-state index in [1.807, 2.05) is 48.5 Å². The van der Waals surface area contributed by atoms with Crippen LogP contribution in [0, 0.1) is 0 Å². The average molecular weight is 688 g/mol. The van der Waals surface area contributed by atoms with Gasteiger partial charge in [-0.05, 0) is 64.4 Å². The first-order valence-corrected chi connectivity index (χ1v) is 17.0. The number of amides is 1. The summed E-state index contributed by atoms with van der Waals surface area (Å²) >= 11 is 2.71. The quantitative estimate of drug-likeness (QED) is 0.0499. The van der Waals surface area contributed by atoms with Crippen LogP contribution >= 0.6 is 23.1 Å². The number of ketones is 1. The summed E-state index contributed by atoms with van der Waals surface area (Å²) in [4.78, 5) is 29.0. The molecule has 1 fully saturated rings.